The molecule has 1 amide bonds. The molecule has 0 atom stereocenters. The van der Waals surface area contributed by atoms with Gasteiger partial charge < -0.3 is 15.0 Å². The zero-order valence-corrected chi connectivity index (χ0v) is 14.3. The number of nitrogens with one attached hydrogen (secondary N) is 1. The van der Waals surface area contributed by atoms with Gasteiger partial charge in [0.2, 0.25) is 5.91 Å². The number of hydrogen-bond donors (Lipinski definition) is 1. The van der Waals surface area contributed by atoms with Crippen molar-refractivity contribution >= 4 is 21.8 Å². The van der Waals surface area contributed by atoms with Crippen molar-refractivity contribution in [3.05, 3.63) is 33.8 Å². The molecule has 0 bridgehead atoms. The highest BCUT2D eigenvalue weighted by Crippen LogP contribution is 2.19. The average molecular weight is 355 g/mol. The third-order valence-electron chi connectivity index (χ3n) is 3.91. The molecule has 0 aliphatic carbocycles. The van der Waals surface area contributed by atoms with Crippen LogP contribution in [0.2, 0.25) is 0 Å². The molecule has 0 spiro atoms. The first-order chi connectivity index (χ1) is 10.1. The van der Waals surface area contributed by atoms with Crippen LogP contribution < -0.4 is 5.32 Å². The molecule has 1 aromatic rings. The van der Waals surface area contributed by atoms with Crippen molar-refractivity contribution < 1.29 is 9.53 Å². The topological polar surface area (TPSA) is 41.6 Å². The fourth-order valence-corrected chi connectivity index (χ4v) is 3.23. The second-order valence-electron chi connectivity index (χ2n) is 5.56. The molecule has 1 aliphatic rings. The van der Waals surface area contributed by atoms with Gasteiger partial charge in [0.05, 0.1) is 0 Å². The van der Waals surface area contributed by atoms with Crippen LogP contribution in [-0.4, -0.2) is 43.7 Å². The molecule has 1 heterocycles. The van der Waals surface area contributed by atoms with E-state index >= 15 is 0 Å². The first kappa shape index (κ1) is 16.5. The summed E-state index contributed by atoms with van der Waals surface area (Å²) in [6, 6.07) is 6.91. The first-order valence-corrected chi connectivity index (χ1v) is 8.14. The third kappa shape index (κ3) is 4.80. The highest BCUT2D eigenvalue weighted by molar-refractivity contribution is 9.10. The number of benzene rings is 1. The standard InChI is InChI=1S/C16H23BrN2O2/c1-12-3-4-13(15(17)9-12)10-18-14-5-7-19(8-6-14)16(20)11-21-2/h3-4,9,14,18H,5-8,10-11H2,1-2H3. The van der Waals surface area contributed by atoms with Crippen molar-refractivity contribution in [2.45, 2.75) is 32.4 Å². The van der Waals surface area contributed by atoms with Crippen LogP contribution in [0.5, 0.6) is 0 Å². The van der Waals surface area contributed by atoms with Gasteiger partial charge in [-0.15, -0.1) is 0 Å². The minimum absolute atomic E-state index is 0.0947. The number of carbonyl (C=O) groups excluding carboxylic acids is 1. The normalized spacial score (nSPS) is 16.2. The lowest BCUT2D eigenvalue weighted by molar-refractivity contribution is -0.136. The van der Waals surface area contributed by atoms with E-state index in [4.69, 9.17) is 4.74 Å². The van der Waals surface area contributed by atoms with Crippen LogP contribution in [0.15, 0.2) is 22.7 Å². The molecular weight excluding hydrogens is 332 g/mol. The van der Waals surface area contributed by atoms with Gasteiger partial charge >= 0.3 is 0 Å². The number of piperidine rings is 1. The van der Waals surface area contributed by atoms with Gasteiger partial charge in [-0.05, 0) is 37.0 Å². The van der Waals surface area contributed by atoms with Crippen molar-refractivity contribution in [2.75, 3.05) is 26.8 Å². The van der Waals surface area contributed by atoms with Gasteiger partial charge in [-0.3, -0.25) is 4.79 Å². The lowest BCUT2D eigenvalue weighted by Crippen LogP contribution is -2.45. The SMILES string of the molecule is COCC(=O)N1CCC(NCc2ccc(C)cc2Br)CC1. The largest absolute Gasteiger partial charge is 0.375 e. The highest BCUT2D eigenvalue weighted by atomic mass is 79.9. The van der Waals surface area contributed by atoms with Crippen molar-refractivity contribution in [1.29, 1.82) is 0 Å². The number of methoxy groups -OCH3 is 1. The Bertz CT molecular complexity index is 485. The zero-order valence-electron chi connectivity index (χ0n) is 12.7. The predicted molar refractivity (Wildman–Crippen MR) is 87.2 cm³/mol. The van der Waals surface area contributed by atoms with E-state index in [9.17, 15) is 4.79 Å². The number of nitrogens with zero attached hydrogens (tertiary/aromatic N) is 1. The first-order valence-electron chi connectivity index (χ1n) is 7.35. The van der Waals surface area contributed by atoms with Crippen molar-refractivity contribution in [3.63, 3.8) is 0 Å². The maximum absolute atomic E-state index is 11.7. The molecule has 0 saturated carbocycles. The molecule has 1 N–H and O–H groups in total. The number of ether oxygens (including phenoxy) is 1. The van der Waals surface area contributed by atoms with E-state index in [1.165, 1.54) is 11.1 Å². The third-order valence-corrected chi connectivity index (χ3v) is 4.64. The summed E-state index contributed by atoms with van der Waals surface area (Å²) in [5.74, 6) is 0.0947. The van der Waals surface area contributed by atoms with Crippen LogP contribution in [0.25, 0.3) is 0 Å². The minimum Gasteiger partial charge on any atom is -0.375 e. The molecule has 4 nitrogen and oxygen atoms in total. The molecule has 1 fully saturated rings. The Labute approximate surface area is 135 Å². The molecule has 2 rings (SSSR count). The summed E-state index contributed by atoms with van der Waals surface area (Å²) in [5.41, 5.74) is 2.54. The Morgan fingerprint density at radius 2 is 2.14 bits per heavy atom. The van der Waals surface area contributed by atoms with Crippen LogP contribution in [-0.2, 0) is 16.1 Å². The monoisotopic (exact) mass is 354 g/mol. The van der Waals surface area contributed by atoms with Gasteiger partial charge in [0.15, 0.2) is 0 Å². The number of halogens is 1. The van der Waals surface area contributed by atoms with Gasteiger partial charge in [-0.25, -0.2) is 0 Å². The van der Waals surface area contributed by atoms with Crippen LogP contribution in [0, 0.1) is 6.92 Å². The smallest absolute Gasteiger partial charge is 0.248 e. The van der Waals surface area contributed by atoms with Crippen LogP contribution in [0.4, 0.5) is 0 Å². The van der Waals surface area contributed by atoms with Gasteiger partial charge in [-0.2, -0.15) is 0 Å². The molecule has 1 aromatic carbocycles. The summed E-state index contributed by atoms with van der Waals surface area (Å²) in [4.78, 5) is 13.6. The minimum atomic E-state index is 0.0947. The number of amides is 1. The second kappa shape index (κ2) is 7.92. The van der Waals surface area contributed by atoms with E-state index in [1.807, 2.05) is 4.90 Å². The fraction of sp³-hybridized carbons (Fsp3) is 0.562. The summed E-state index contributed by atoms with van der Waals surface area (Å²) in [6.07, 6.45) is 2.00. The van der Waals surface area contributed by atoms with Crippen molar-refractivity contribution in [1.82, 2.24) is 10.2 Å². The number of carbonyl (C=O) groups is 1. The maximum atomic E-state index is 11.7. The van der Waals surface area contributed by atoms with E-state index in [0.29, 0.717) is 6.04 Å². The summed E-state index contributed by atoms with van der Waals surface area (Å²) in [5, 5.41) is 3.59. The highest BCUT2D eigenvalue weighted by Gasteiger charge is 2.22. The van der Waals surface area contributed by atoms with E-state index < -0.39 is 0 Å². The Morgan fingerprint density at radius 3 is 2.76 bits per heavy atom. The summed E-state index contributed by atoms with van der Waals surface area (Å²) in [7, 11) is 1.56. The van der Waals surface area contributed by atoms with Crippen LogP contribution >= 0.6 is 15.9 Å². The van der Waals surface area contributed by atoms with Crippen molar-refractivity contribution in [3.8, 4) is 0 Å². The molecule has 21 heavy (non-hydrogen) atoms. The second-order valence-corrected chi connectivity index (χ2v) is 6.42. The molecule has 0 aromatic heterocycles. The van der Waals surface area contributed by atoms with Gasteiger partial charge in [0.25, 0.3) is 0 Å². The van der Waals surface area contributed by atoms with Gasteiger partial charge in [0, 0.05) is 37.3 Å². The predicted octanol–water partition coefficient (Wildman–Crippen LogP) is 2.48. The van der Waals surface area contributed by atoms with Crippen molar-refractivity contribution in [2.24, 2.45) is 0 Å². The van der Waals surface area contributed by atoms with E-state index in [1.54, 1.807) is 7.11 Å². The van der Waals surface area contributed by atoms with E-state index in [2.05, 4.69) is 46.4 Å². The molecule has 1 aliphatic heterocycles. The lowest BCUT2D eigenvalue weighted by Gasteiger charge is -2.32. The Balaban J connectivity index is 1.77. The fourth-order valence-electron chi connectivity index (χ4n) is 2.60. The Morgan fingerprint density at radius 1 is 1.43 bits per heavy atom. The summed E-state index contributed by atoms with van der Waals surface area (Å²) < 4.78 is 6.06. The molecular formula is C16H23BrN2O2. The number of rotatable bonds is 5. The van der Waals surface area contributed by atoms with Gasteiger partial charge in [-0.1, -0.05) is 28.1 Å². The molecule has 116 valence electrons. The average Bonchev–Trinajstić information content (AvgIpc) is 2.47. The van der Waals surface area contributed by atoms with E-state index in [0.717, 1.165) is 36.9 Å². The lowest BCUT2D eigenvalue weighted by atomic mass is 10.0. The van der Waals surface area contributed by atoms with Gasteiger partial charge in [0.1, 0.15) is 6.61 Å². The van der Waals surface area contributed by atoms with Crippen LogP contribution in [0.3, 0.4) is 0 Å². The molecule has 0 radical (unpaired) electrons. The zero-order chi connectivity index (χ0) is 15.2. The number of hydrogen-bond acceptors (Lipinski definition) is 3. The number of aryl methyl sites for hydroxylation is 1. The molecule has 1 saturated heterocycles. The maximum Gasteiger partial charge on any atom is 0.248 e. The molecule has 0 unspecified atom stereocenters. The molecule has 5 heteroatoms. The quantitative estimate of drug-likeness (QED) is 0.882. The summed E-state index contributed by atoms with van der Waals surface area (Å²) >= 11 is 3.61. The van der Waals surface area contributed by atoms with Crippen LogP contribution in [0.1, 0.15) is 24.0 Å². The summed E-state index contributed by atoms with van der Waals surface area (Å²) in [6.45, 7) is 4.77. The number of likely N-dealkylation sites (tertiary alicyclic amines) is 1. The Kier molecular flexibility index (Phi) is 6.21. The Hall–Kier alpha value is -0.910. The van der Waals surface area contributed by atoms with E-state index in [-0.39, 0.29) is 12.5 Å².